The average molecular weight is 279 g/mol. The third-order valence-corrected chi connectivity index (χ3v) is 3.22. The highest BCUT2D eigenvalue weighted by atomic mass is 79.9. The summed E-state index contributed by atoms with van der Waals surface area (Å²) >= 11 is 3.47. The van der Waals surface area contributed by atoms with Gasteiger partial charge >= 0.3 is 0 Å². The number of nitrogens with zero attached hydrogens (tertiary/aromatic N) is 1. The Kier molecular flexibility index (Phi) is 2.04. The summed E-state index contributed by atoms with van der Waals surface area (Å²) in [5.41, 5.74) is 2.99. The van der Waals surface area contributed by atoms with Gasteiger partial charge in [-0.05, 0) is 23.6 Å². The van der Waals surface area contributed by atoms with Crippen molar-refractivity contribution in [2.75, 3.05) is 0 Å². The molecular formula is C11H8BrN2P. The second-order valence-electron chi connectivity index (χ2n) is 3.45. The topological polar surface area (TPSA) is 28.7 Å². The van der Waals surface area contributed by atoms with Crippen LogP contribution in [0.4, 0.5) is 0 Å². The predicted octanol–water partition coefficient (Wildman–Crippen LogP) is 2.98. The number of aromatic amines is 1. The van der Waals surface area contributed by atoms with Crippen LogP contribution in [0.5, 0.6) is 0 Å². The molecule has 1 N–H and O–H groups in total. The third-order valence-electron chi connectivity index (χ3n) is 2.45. The van der Waals surface area contributed by atoms with Crippen molar-refractivity contribution in [2.45, 2.75) is 0 Å². The SMILES string of the molecule is Pc1nc2c(ccc3cc(Br)ccc32)[nH]1. The van der Waals surface area contributed by atoms with Crippen molar-refractivity contribution >= 4 is 52.5 Å². The van der Waals surface area contributed by atoms with Gasteiger partial charge in [0, 0.05) is 9.86 Å². The van der Waals surface area contributed by atoms with Gasteiger partial charge in [0.25, 0.3) is 0 Å². The average Bonchev–Trinajstić information content (AvgIpc) is 2.58. The molecule has 74 valence electrons. The lowest BCUT2D eigenvalue weighted by Gasteiger charge is -1.98. The van der Waals surface area contributed by atoms with Crippen molar-refractivity contribution in [3.05, 3.63) is 34.8 Å². The Morgan fingerprint density at radius 2 is 2.07 bits per heavy atom. The monoisotopic (exact) mass is 278 g/mol. The number of rotatable bonds is 0. The van der Waals surface area contributed by atoms with Crippen LogP contribution in [0.1, 0.15) is 0 Å². The van der Waals surface area contributed by atoms with Crippen molar-refractivity contribution < 1.29 is 0 Å². The van der Waals surface area contributed by atoms with Crippen molar-refractivity contribution in [3.8, 4) is 0 Å². The molecule has 0 saturated heterocycles. The van der Waals surface area contributed by atoms with E-state index in [2.05, 4.69) is 59.4 Å². The molecular weight excluding hydrogens is 271 g/mol. The molecule has 0 saturated carbocycles. The number of halogens is 1. The molecule has 0 radical (unpaired) electrons. The van der Waals surface area contributed by atoms with E-state index < -0.39 is 0 Å². The molecule has 0 aliphatic rings. The highest BCUT2D eigenvalue weighted by Crippen LogP contribution is 2.25. The smallest absolute Gasteiger partial charge is 0.123 e. The maximum absolute atomic E-state index is 4.46. The lowest BCUT2D eigenvalue weighted by Crippen LogP contribution is -1.91. The Bertz CT molecular complexity index is 660. The highest BCUT2D eigenvalue weighted by Gasteiger charge is 2.04. The predicted molar refractivity (Wildman–Crippen MR) is 70.6 cm³/mol. The van der Waals surface area contributed by atoms with Gasteiger partial charge in [-0.1, -0.05) is 37.3 Å². The van der Waals surface area contributed by atoms with Gasteiger partial charge in [-0.2, -0.15) is 0 Å². The molecule has 1 atom stereocenters. The zero-order chi connectivity index (χ0) is 10.4. The fraction of sp³-hybridized carbons (Fsp3) is 0. The Balaban J connectivity index is 2.53. The molecule has 1 aromatic heterocycles. The van der Waals surface area contributed by atoms with E-state index in [4.69, 9.17) is 0 Å². The lowest BCUT2D eigenvalue weighted by molar-refractivity contribution is 1.45. The number of hydrogen-bond acceptors (Lipinski definition) is 1. The summed E-state index contributed by atoms with van der Waals surface area (Å²) in [5, 5.41) is 2.38. The standard InChI is InChI=1S/C11H8BrN2P/c12-7-2-3-8-6(5-7)1-4-9-10(8)14-11(15)13-9/h1-5H,15H2,(H,13,14). The number of fused-ring (bicyclic) bond motifs is 3. The molecule has 2 nitrogen and oxygen atoms in total. The molecule has 3 rings (SSSR count). The largest absolute Gasteiger partial charge is 0.339 e. The Hall–Kier alpha value is -0.920. The first-order valence-electron chi connectivity index (χ1n) is 4.57. The van der Waals surface area contributed by atoms with Gasteiger partial charge in [-0.15, -0.1) is 0 Å². The van der Waals surface area contributed by atoms with Crippen LogP contribution in [0, 0.1) is 0 Å². The van der Waals surface area contributed by atoms with Crippen LogP contribution in [0.3, 0.4) is 0 Å². The first-order chi connectivity index (χ1) is 7.24. The van der Waals surface area contributed by atoms with Gasteiger partial charge in [-0.3, -0.25) is 0 Å². The first-order valence-corrected chi connectivity index (χ1v) is 5.94. The Labute approximate surface area is 97.4 Å². The van der Waals surface area contributed by atoms with Crippen LogP contribution >= 0.6 is 25.2 Å². The van der Waals surface area contributed by atoms with E-state index in [1.807, 2.05) is 6.07 Å². The molecule has 1 unspecified atom stereocenters. The Morgan fingerprint density at radius 3 is 2.93 bits per heavy atom. The summed E-state index contributed by atoms with van der Waals surface area (Å²) in [6.45, 7) is 0. The minimum Gasteiger partial charge on any atom is -0.339 e. The summed E-state index contributed by atoms with van der Waals surface area (Å²) in [7, 11) is 2.59. The van der Waals surface area contributed by atoms with Crippen molar-refractivity contribution in [3.63, 3.8) is 0 Å². The van der Waals surface area contributed by atoms with E-state index in [9.17, 15) is 0 Å². The van der Waals surface area contributed by atoms with Gasteiger partial charge in [-0.25, -0.2) is 4.98 Å². The van der Waals surface area contributed by atoms with Crippen LogP contribution in [-0.4, -0.2) is 9.97 Å². The minimum absolute atomic E-state index is 0.875. The Morgan fingerprint density at radius 1 is 1.20 bits per heavy atom. The number of hydrogen-bond donors (Lipinski definition) is 1. The van der Waals surface area contributed by atoms with E-state index in [1.54, 1.807) is 0 Å². The minimum atomic E-state index is 0.875. The van der Waals surface area contributed by atoms with Gasteiger partial charge in [0.15, 0.2) is 0 Å². The van der Waals surface area contributed by atoms with Gasteiger partial charge in [0.1, 0.15) is 5.57 Å². The molecule has 2 aromatic carbocycles. The fourth-order valence-corrected chi connectivity index (χ4v) is 2.46. The molecule has 3 aromatic rings. The normalized spacial score (nSPS) is 11.3. The van der Waals surface area contributed by atoms with Crippen LogP contribution in [-0.2, 0) is 0 Å². The van der Waals surface area contributed by atoms with Crippen LogP contribution in [0.25, 0.3) is 21.8 Å². The highest BCUT2D eigenvalue weighted by molar-refractivity contribution is 9.10. The van der Waals surface area contributed by atoms with E-state index in [-0.39, 0.29) is 0 Å². The van der Waals surface area contributed by atoms with Crippen LogP contribution in [0.2, 0.25) is 0 Å². The molecule has 0 fully saturated rings. The molecule has 0 aliphatic heterocycles. The number of aromatic nitrogens is 2. The summed E-state index contributed by atoms with van der Waals surface area (Å²) in [4.78, 5) is 7.67. The van der Waals surface area contributed by atoms with E-state index in [1.165, 1.54) is 10.8 Å². The summed E-state index contributed by atoms with van der Waals surface area (Å²) < 4.78 is 1.09. The molecule has 0 bridgehead atoms. The maximum Gasteiger partial charge on any atom is 0.123 e. The number of benzene rings is 2. The van der Waals surface area contributed by atoms with Crippen LogP contribution < -0.4 is 5.57 Å². The van der Waals surface area contributed by atoms with E-state index in [0.29, 0.717) is 0 Å². The molecule has 4 heteroatoms. The molecule has 0 amide bonds. The molecule has 0 aliphatic carbocycles. The summed E-state index contributed by atoms with van der Waals surface area (Å²) in [6.07, 6.45) is 0. The quantitative estimate of drug-likeness (QED) is 0.630. The lowest BCUT2D eigenvalue weighted by atomic mass is 10.1. The fourth-order valence-electron chi connectivity index (χ4n) is 1.79. The number of H-pyrrole nitrogens is 1. The van der Waals surface area contributed by atoms with Crippen molar-refractivity contribution in [2.24, 2.45) is 0 Å². The molecule has 0 spiro atoms. The van der Waals surface area contributed by atoms with Gasteiger partial charge in [0.2, 0.25) is 0 Å². The van der Waals surface area contributed by atoms with Crippen molar-refractivity contribution in [1.29, 1.82) is 0 Å². The number of nitrogens with one attached hydrogen (secondary N) is 1. The molecule has 1 heterocycles. The third kappa shape index (κ3) is 1.47. The van der Waals surface area contributed by atoms with Crippen molar-refractivity contribution in [1.82, 2.24) is 9.97 Å². The molecule has 15 heavy (non-hydrogen) atoms. The second kappa shape index (κ2) is 3.29. The summed E-state index contributed by atoms with van der Waals surface area (Å²) in [5.74, 6) is 0. The van der Waals surface area contributed by atoms with Gasteiger partial charge < -0.3 is 4.98 Å². The zero-order valence-electron chi connectivity index (χ0n) is 7.79. The van der Waals surface area contributed by atoms with Gasteiger partial charge in [0.05, 0.1) is 11.0 Å². The van der Waals surface area contributed by atoms with E-state index >= 15 is 0 Å². The first kappa shape index (κ1) is 9.32. The van der Waals surface area contributed by atoms with E-state index in [0.717, 1.165) is 21.1 Å². The zero-order valence-corrected chi connectivity index (χ0v) is 10.5. The van der Waals surface area contributed by atoms with Crippen LogP contribution in [0.15, 0.2) is 34.8 Å². The number of imidazole rings is 1. The summed E-state index contributed by atoms with van der Waals surface area (Å²) in [6, 6.07) is 10.4. The second-order valence-corrected chi connectivity index (χ2v) is 4.91. The maximum atomic E-state index is 4.46.